The number of benzene rings is 1. The van der Waals surface area contributed by atoms with Gasteiger partial charge in [0.15, 0.2) is 6.79 Å². The lowest BCUT2D eigenvalue weighted by molar-refractivity contribution is 0.0503. The van der Waals surface area contributed by atoms with Crippen molar-refractivity contribution >= 4 is 0 Å². The van der Waals surface area contributed by atoms with Crippen LogP contribution in [0.1, 0.15) is 12.5 Å². The zero-order valence-corrected chi connectivity index (χ0v) is 10.1. The molecule has 0 aliphatic heterocycles. The Balaban J connectivity index is 2.78. The predicted octanol–water partition coefficient (Wildman–Crippen LogP) is 1.79. The van der Waals surface area contributed by atoms with Crippen molar-refractivity contribution in [2.45, 2.75) is 13.5 Å². The molecule has 0 unspecified atom stereocenters. The number of hydrogen-bond acceptors (Lipinski definition) is 4. The average Bonchev–Trinajstić information content (AvgIpc) is 2.34. The van der Waals surface area contributed by atoms with Gasteiger partial charge in [0, 0.05) is 19.2 Å². The maximum Gasteiger partial charge on any atom is 0.188 e. The van der Waals surface area contributed by atoms with E-state index < -0.39 is 0 Å². The van der Waals surface area contributed by atoms with Crippen molar-refractivity contribution in [3.05, 3.63) is 23.8 Å². The third-order valence-electron chi connectivity index (χ3n) is 2.17. The van der Waals surface area contributed by atoms with Crippen molar-refractivity contribution in [1.29, 1.82) is 0 Å². The first-order chi connectivity index (χ1) is 7.81. The Hall–Kier alpha value is -1.26. The first kappa shape index (κ1) is 12.8. The fourth-order valence-electron chi connectivity index (χ4n) is 1.34. The van der Waals surface area contributed by atoms with Crippen LogP contribution in [0.2, 0.25) is 0 Å². The van der Waals surface area contributed by atoms with E-state index in [2.05, 4.69) is 12.2 Å². The minimum atomic E-state index is 0.255. The zero-order valence-electron chi connectivity index (χ0n) is 10.1. The molecule has 0 aliphatic rings. The molecule has 0 radical (unpaired) electrons. The molecule has 0 fully saturated rings. The molecule has 1 rings (SSSR count). The largest absolute Gasteiger partial charge is 0.497 e. The van der Waals surface area contributed by atoms with E-state index in [9.17, 15) is 0 Å². The topological polar surface area (TPSA) is 39.7 Å². The molecule has 1 N–H and O–H groups in total. The molecule has 0 aromatic heterocycles. The second kappa shape index (κ2) is 7.09. The van der Waals surface area contributed by atoms with Crippen molar-refractivity contribution in [1.82, 2.24) is 5.32 Å². The molecule has 0 heterocycles. The summed E-state index contributed by atoms with van der Waals surface area (Å²) in [4.78, 5) is 0. The molecule has 0 amide bonds. The minimum Gasteiger partial charge on any atom is -0.497 e. The van der Waals surface area contributed by atoms with Crippen molar-refractivity contribution in [3.63, 3.8) is 0 Å². The Bertz CT molecular complexity index is 315. The molecule has 4 nitrogen and oxygen atoms in total. The van der Waals surface area contributed by atoms with E-state index in [0.29, 0.717) is 0 Å². The van der Waals surface area contributed by atoms with Gasteiger partial charge in [-0.1, -0.05) is 6.92 Å². The van der Waals surface area contributed by atoms with Crippen LogP contribution in [0.25, 0.3) is 0 Å². The molecule has 0 aliphatic carbocycles. The summed E-state index contributed by atoms with van der Waals surface area (Å²) < 4.78 is 15.5. The van der Waals surface area contributed by atoms with Crippen LogP contribution < -0.4 is 14.8 Å². The van der Waals surface area contributed by atoms with E-state index in [0.717, 1.165) is 30.2 Å². The first-order valence-corrected chi connectivity index (χ1v) is 5.31. The van der Waals surface area contributed by atoms with Crippen LogP contribution in [0.5, 0.6) is 11.5 Å². The third-order valence-corrected chi connectivity index (χ3v) is 2.17. The van der Waals surface area contributed by atoms with Gasteiger partial charge in [0.2, 0.25) is 0 Å². The molecule has 16 heavy (non-hydrogen) atoms. The Kier molecular flexibility index (Phi) is 5.67. The van der Waals surface area contributed by atoms with Gasteiger partial charge in [-0.15, -0.1) is 0 Å². The van der Waals surface area contributed by atoms with E-state index in [1.807, 2.05) is 18.2 Å². The molecular formula is C12H19NO3. The Morgan fingerprint density at radius 2 is 2.06 bits per heavy atom. The number of methoxy groups -OCH3 is 2. The molecule has 90 valence electrons. The van der Waals surface area contributed by atoms with Crippen molar-refractivity contribution < 1.29 is 14.2 Å². The van der Waals surface area contributed by atoms with E-state index in [-0.39, 0.29) is 6.79 Å². The third kappa shape index (κ3) is 3.72. The molecular weight excluding hydrogens is 206 g/mol. The Morgan fingerprint density at radius 3 is 2.69 bits per heavy atom. The smallest absolute Gasteiger partial charge is 0.188 e. The molecule has 1 aromatic rings. The van der Waals surface area contributed by atoms with Crippen LogP contribution in [0, 0.1) is 0 Å². The van der Waals surface area contributed by atoms with Gasteiger partial charge >= 0.3 is 0 Å². The standard InChI is InChI=1S/C12H19NO3/c1-4-13-8-10-7-11(15-3)5-6-12(10)16-9-14-2/h5-7,13H,4,8-9H2,1-3H3. The molecule has 0 saturated carbocycles. The molecule has 0 spiro atoms. The van der Waals surface area contributed by atoms with Gasteiger partial charge in [-0.3, -0.25) is 0 Å². The molecule has 0 bridgehead atoms. The van der Waals surface area contributed by atoms with Crippen LogP contribution in [-0.4, -0.2) is 27.6 Å². The van der Waals surface area contributed by atoms with Gasteiger partial charge in [-0.2, -0.15) is 0 Å². The van der Waals surface area contributed by atoms with Gasteiger partial charge in [0.1, 0.15) is 11.5 Å². The van der Waals surface area contributed by atoms with Gasteiger partial charge < -0.3 is 19.5 Å². The molecule has 0 atom stereocenters. The monoisotopic (exact) mass is 225 g/mol. The normalized spacial score (nSPS) is 10.2. The fraction of sp³-hybridized carbons (Fsp3) is 0.500. The number of rotatable bonds is 7. The number of nitrogens with one attached hydrogen (secondary N) is 1. The van der Waals surface area contributed by atoms with E-state index >= 15 is 0 Å². The highest BCUT2D eigenvalue weighted by Crippen LogP contribution is 2.24. The summed E-state index contributed by atoms with van der Waals surface area (Å²) in [7, 11) is 3.26. The lowest BCUT2D eigenvalue weighted by Gasteiger charge is -2.12. The van der Waals surface area contributed by atoms with Crippen LogP contribution >= 0.6 is 0 Å². The van der Waals surface area contributed by atoms with Crippen molar-refractivity contribution in [2.75, 3.05) is 27.6 Å². The summed E-state index contributed by atoms with van der Waals surface area (Å²) in [6, 6.07) is 5.73. The van der Waals surface area contributed by atoms with E-state index in [4.69, 9.17) is 14.2 Å². The van der Waals surface area contributed by atoms with Gasteiger partial charge in [0.25, 0.3) is 0 Å². The number of hydrogen-bond donors (Lipinski definition) is 1. The van der Waals surface area contributed by atoms with Crippen molar-refractivity contribution in [3.8, 4) is 11.5 Å². The summed E-state index contributed by atoms with van der Waals surface area (Å²) in [5.41, 5.74) is 1.07. The summed E-state index contributed by atoms with van der Waals surface area (Å²) in [5, 5.41) is 3.26. The van der Waals surface area contributed by atoms with Crippen LogP contribution in [0.15, 0.2) is 18.2 Å². The highest BCUT2D eigenvalue weighted by Gasteiger charge is 2.05. The highest BCUT2D eigenvalue weighted by atomic mass is 16.7. The lowest BCUT2D eigenvalue weighted by Crippen LogP contribution is -2.13. The fourth-order valence-corrected chi connectivity index (χ4v) is 1.34. The SMILES string of the molecule is CCNCc1cc(OC)ccc1OCOC. The van der Waals surface area contributed by atoms with Crippen LogP contribution in [0.4, 0.5) is 0 Å². The summed E-state index contributed by atoms with van der Waals surface area (Å²) in [6.45, 7) is 4.00. The number of ether oxygens (including phenoxy) is 3. The van der Waals surface area contributed by atoms with Crippen LogP contribution in [0.3, 0.4) is 0 Å². The van der Waals surface area contributed by atoms with E-state index in [1.165, 1.54) is 0 Å². The summed E-state index contributed by atoms with van der Waals surface area (Å²) in [6.07, 6.45) is 0. The minimum absolute atomic E-state index is 0.255. The molecule has 1 aromatic carbocycles. The lowest BCUT2D eigenvalue weighted by atomic mass is 10.2. The Labute approximate surface area is 96.5 Å². The van der Waals surface area contributed by atoms with Gasteiger partial charge in [0.05, 0.1) is 7.11 Å². The summed E-state index contributed by atoms with van der Waals surface area (Å²) >= 11 is 0. The Morgan fingerprint density at radius 1 is 1.25 bits per heavy atom. The maximum absolute atomic E-state index is 5.47. The van der Waals surface area contributed by atoms with Crippen LogP contribution in [-0.2, 0) is 11.3 Å². The van der Waals surface area contributed by atoms with E-state index in [1.54, 1.807) is 14.2 Å². The van der Waals surface area contributed by atoms with Gasteiger partial charge in [-0.25, -0.2) is 0 Å². The van der Waals surface area contributed by atoms with Crippen molar-refractivity contribution in [2.24, 2.45) is 0 Å². The van der Waals surface area contributed by atoms with Gasteiger partial charge in [-0.05, 0) is 24.7 Å². The molecule has 0 saturated heterocycles. The second-order valence-electron chi connectivity index (χ2n) is 3.30. The zero-order chi connectivity index (χ0) is 11.8. The summed E-state index contributed by atoms with van der Waals surface area (Å²) in [5.74, 6) is 1.65. The maximum atomic E-state index is 5.47. The first-order valence-electron chi connectivity index (χ1n) is 5.31. The predicted molar refractivity (Wildman–Crippen MR) is 62.9 cm³/mol. The average molecular weight is 225 g/mol. The second-order valence-corrected chi connectivity index (χ2v) is 3.30. The molecule has 4 heteroatoms. The quantitative estimate of drug-likeness (QED) is 0.718. The highest BCUT2D eigenvalue weighted by molar-refractivity contribution is 5.40.